The van der Waals surface area contributed by atoms with Crippen molar-refractivity contribution in [2.45, 2.75) is 47.6 Å². The van der Waals surface area contributed by atoms with Gasteiger partial charge < -0.3 is 15.1 Å². The molecule has 1 aromatic heterocycles. The Bertz CT molecular complexity index is 413. The Labute approximate surface area is 139 Å². The number of furan rings is 1. The molecular weight excluding hydrogens is 365 g/mol. The van der Waals surface area contributed by atoms with Gasteiger partial charge in [0.1, 0.15) is 11.5 Å². The summed E-state index contributed by atoms with van der Waals surface area (Å²) in [6.07, 6.45) is 1.15. The van der Waals surface area contributed by atoms with Crippen LogP contribution < -0.4 is 10.6 Å². The van der Waals surface area contributed by atoms with Gasteiger partial charge in [0.25, 0.3) is 0 Å². The second-order valence-electron chi connectivity index (χ2n) is 5.24. The maximum absolute atomic E-state index is 5.51. The van der Waals surface area contributed by atoms with Crippen molar-refractivity contribution in [2.24, 2.45) is 10.9 Å². The molecule has 5 heteroatoms. The first kappa shape index (κ1) is 19.3. The monoisotopic (exact) mass is 393 g/mol. The summed E-state index contributed by atoms with van der Waals surface area (Å²) in [6, 6.07) is 2.05. The van der Waals surface area contributed by atoms with Crippen LogP contribution in [0.3, 0.4) is 0 Å². The van der Waals surface area contributed by atoms with E-state index < -0.39 is 0 Å². The molecule has 116 valence electrons. The van der Waals surface area contributed by atoms with Crippen LogP contribution in [0.1, 0.15) is 44.3 Å². The fourth-order valence-electron chi connectivity index (χ4n) is 1.83. The Kier molecular flexibility index (Phi) is 9.71. The highest BCUT2D eigenvalue weighted by Gasteiger charge is 2.04. The van der Waals surface area contributed by atoms with Crippen molar-refractivity contribution < 1.29 is 4.42 Å². The Morgan fingerprint density at radius 1 is 1.30 bits per heavy atom. The lowest BCUT2D eigenvalue weighted by atomic mass is 10.1. The van der Waals surface area contributed by atoms with Gasteiger partial charge in [0.15, 0.2) is 5.96 Å². The summed E-state index contributed by atoms with van der Waals surface area (Å²) >= 11 is 0. The van der Waals surface area contributed by atoms with Crippen LogP contribution in [0.25, 0.3) is 0 Å². The van der Waals surface area contributed by atoms with Crippen LogP contribution in [0.15, 0.2) is 15.5 Å². The molecule has 0 aliphatic rings. The van der Waals surface area contributed by atoms with Crippen molar-refractivity contribution in [1.82, 2.24) is 10.6 Å². The van der Waals surface area contributed by atoms with Crippen molar-refractivity contribution in [1.29, 1.82) is 0 Å². The smallest absolute Gasteiger partial charge is 0.191 e. The molecule has 0 radical (unpaired) electrons. The molecular formula is C15H28IN3O. The van der Waals surface area contributed by atoms with E-state index in [1.54, 1.807) is 0 Å². The first-order chi connectivity index (χ1) is 9.02. The van der Waals surface area contributed by atoms with Gasteiger partial charge in [0.2, 0.25) is 0 Å². The van der Waals surface area contributed by atoms with Crippen molar-refractivity contribution in [3.8, 4) is 0 Å². The molecule has 4 nitrogen and oxygen atoms in total. The van der Waals surface area contributed by atoms with Gasteiger partial charge in [0, 0.05) is 18.7 Å². The van der Waals surface area contributed by atoms with Crippen LogP contribution in [0.4, 0.5) is 0 Å². The highest BCUT2D eigenvalue weighted by molar-refractivity contribution is 14.0. The summed E-state index contributed by atoms with van der Waals surface area (Å²) in [7, 11) is 0. The normalized spacial score (nSPS) is 11.4. The molecule has 0 spiro atoms. The number of nitrogens with zero attached hydrogens (tertiary/aromatic N) is 1. The predicted octanol–water partition coefficient (Wildman–Crippen LogP) is 3.62. The first-order valence-electron chi connectivity index (χ1n) is 7.11. The van der Waals surface area contributed by atoms with Crippen LogP contribution in [0, 0.1) is 19.8 Å². The van der Waals surface area contributed by atoms with Gasteiger partial charge in [-0.15, -0.1) is 24.0 Å². The predicted molar refractivity (Wildman–Crippen MR) is 95.9 cm³/mol. The molecule has 1 heterocycles. The molecule has 0 saturated carbocycles. The standard InChI is InChI=1S/C15H27N3O.HI/c1-6-16-15(17-8-7-11(2)3)18-10-14-9-12(4)19-13(14)5;/h9,11H,6-8,10H2,1-5H3,(H2,16,17,18);1H. The maximum Gasteiger partial charge on any atom is 0.191 e. The van der Waals surface area contributed by atoms with Gasteiger partial charge in [-0.1, -0.05) is 13.8 Å². The highest BCUT2D eigenvalue weighted by Crippen LogP contribution is 2.14. The Hall–Kier alpha value is -0.720. The molecule has 20 heavy (non-hydrogen) atoms. The number of nitrogens with one attached hydrogen (secondary N) is 2. The Morgan fingerprint density at radius 2 is 2.00 bits per heavy atom. The highest BCUT2D eigenvalue weighted by atomic mass is 127. The number of aliphatic imine (C=N–C) groups is 1. The molecule has 1 aromatic rings. The van der Waals surface area contributed by atoms with Gasteiger partial charge in [-0.25, -0.2) is 4.99 Å². The van der Waals surface area contributed by atoms with Crippen molar-refractivity contribution in [3.63, 3.8) is 0 Å². The maximum atomic E-state index is 5.51. The van der Waals surface area contributed by atoms with Gasteiger partial charge in [-0.3, -0.25) is 0 Å². The number of rotatable bonds is 6. The first-order valence-corrected chi connectivity index (χ1v) is 7.11. The van der Waals surface area contributed by atoms with Crippen molar-refractivity contribution in [3.05, 3.63) is 23.2 Å². The van der Waals surface area contributed by atoms with Gasteiger partial charge in [-0.2, -0.15) is 0 Å². The third-order valence-corrected chi connectivity index (χ3v) is 2.91. The SMILES string of the molecule is CCNC(=NCc1cc(C)oc1C)NCCC(C)C.I. The summed E-state index contributed by atoms with van der Waals surface area (Å²) in [5, 5.41) is 6.62. The largest absolute Gasteiger partial charge is 0.466 e. The molecule has 0 aliphatic heterocycles. The number of hydrogen-bond donors (Lipinski definition) is 2. The van der Waals surface area contributed by atoms with Crippen molar-refractivity contribution >= 4 is 29.9 Å². The second kappa shape index (κ2) is 10.1. The molecule has 1 rings (SSSR count). The summed E-state index contributed by atoms with van der Waals surface area (Å²) in [5.74, 6) is 3.48. The minimum atomic E-state index is 0. The molecule has 0 aromatic carbocycles. The molecule has 0 amide bonds. The molecule has 0 bridgehead atoms. The third-order valence-electron chi connectivity index (χ3n) is 2.91. The molecule has 0 unspecified atom stereocenters. The van der Waals surface area contributed by atoms with Gasteiger partial charge >= 0.3 is 0 Å². The van der Waals surface area contributed by atoms with Crippen LogP contribution in [0.5, 0.6) is 0 Å². The van der Waals surface area contributed by atoms with E-state index in [-0.39, 0.29) is 24.0 Å². The van der Waals surface area contributed by atoms with Crippen LogP contribution in [0.2, 0.25) is 0 Å². The van der Waals surface area contributed by atoms with E-state index in [9.17, 15) is 0 Å². The van der Waals surface area contributed by atoms with Crippen LogP contribution >= 0.6 is 24.0 Å². The van der Waals surface area contributed by atoms with Crippen molar-refractivity contribution in [2.75, 3.05) is 13.1 Å². The molecule has 0 aliphatic carbocycles. The molecule has 0 saturated heterocycles. The third kappa shape index (κ3) is 7.17. The van der Waals surface area contributed by atoms with E-state index in [1.807, 2.05) is 13.8 Å². The lowest BCUT2D eigenvalue weighted by Crippen LogP contribution is -2.38. The van der Waals surface area contributed by atoms with E-state index in [4.69, 9.17) is 4.42 Å². The minimum absolute atomic E-state index is 0. The van der Waals surface area contributed by atoms with E-state index >= 15 is 0 Å². The number of aryl methyl sites for hydroxylation is 2. The fourth-order valence-corrected chi connectivity index (χ4v) is 1.83. The summed E-state index contributed by atoms with van der Waals surface area (Å²) in [6.45, 7) is 13.0. The average molecular weight is 393 g/mol. The quantitative estimate of drug-likeness (QED) is 0.441. The zero-order valence-corrected chi connectivity index (χ0v) is 15.6. The van der Waals surface area contributed by atoms with Gasteiger partial charge in [-0.05, 0) is 39.2 Å². The topological polar surface area (TPSA) is 49.6 Å². The van der Waals surface area contributed by atoms with E-state index in [0.29, 0.717) is 12.5 Å². The van der Waals surface area contributed by atoms with Crippen LogP contribution in [-0.4, -0.2) is 19.0 Å². The second-order valence-corrected chi connectivity index (χ2v) is 5.24. The zero-order valence-electron chi connectivity index (χ0n) is 13.2. The Balaban J connectivity index is 0.00000361. The van der Waals surface area contributed by atoms with Crippen LogP contribution in [-0.2, 0) is 6.54 Å². The number of halogens is 1. The minimum Gasteiger partial charge on any atom is -0.466 e. The summed E-state index contributed by atoms with van der Waals surface area (Å²) < 4.78 is 5.51. The average Bonchev–Trinajstić information content (AvgIpc) is 2.64. The number of guanidine groups is 1. The van der Waals surface area contributed by atoms with Gasteiger partial charge in [0.05, 0.1) is 6.54 Å². The molecule has 2 N–H and O–H groups in total. The summed E-state index contributed by atoms with van der Waals surface area (Å²) in [4.78, 5) is 4.59. The molecule has 0 fully saturated rings. The lowest BCUT2D eigenvalue weighted by molar-refractivity contribution is 0.501. The lowest BCUT2D eigenvalue weighted by Gasteiger charge is -2.12. The molecule has 0 atom stereocenters. The number of hydrogen-bond acceptors (Lipinski definition) is 2. The van der Waals surface area contributed by atoms with E-state index in [0.717, 1.165) is 42.6 Å². The zero-order chi connectivity index (χ0) is 14.3. The van der Waals surface area contributed by atoms with E-state index in [2.05, 4.69) is 42.5 Å². The summed E-state index contributed by atoms with van der Waals surface area (Å²) in [5.41, 5.74) is 1.15. The van der Waals surface area contributed by atoms with E-state index in [1.165, 1.54) is 0 Å². The Morgan fingerprint density at radius 3 is 2.50 bits per heavy atom. The fraction of sp³-hybridized carbons (Fsp3) is 0.667.